The molecule has 1 saturated heterocycles. The first-order valence-electron chi connectivity index (χ1n) is 7.18. The summed E-state index contributed by atoms with van der Waals surface area (Å²) in [6, 6.07) is 2.13. The minimum atomic E-state index is -4.49. The third kappa shape index (κ3) is 4.19. The topological polar surface area (TPSA) is 190 Å². The highest BCUT2D eigenvalue weighted by Crippen LogP contribution is 2.27. The Morgan fingerprint density at radius 2 is 2.04 bits per heavy atom. The van der Waals surface area contributed by atoms with E-state index < -0.39 is 35.7 Å². The Hall–Kier alpha value is -1.93. The van der Waals surface area contributed by atoms with Gasteiger partial charge in [0.1, 0.15) is 15.6 Å². The molecule has 1 heterocycles. The number of nitrogens with one attached hydrogen (secondary N) is 5. The Bertz CT molecular complexity index is 906. The van der Waals surface area contributed by atoms with E-state index in [9.17, 15) is 16.8 Å². The summed E-state index contributed by atoms with van der Waals surface area (Å²) in [5.74, 6) is -0.545. The van der Waals surface area contributed by atoms with Crippen LogP contribution < -0.4 is 20.6 Å². The molecule has 0 aliphatic carbocycles. The number of amidine groups is 1. The van der Waals surface area contributed by atoms with Crippen LogP contribution in [-0.4, -0.2) is 41.8 Å². The fourth-order valence-corrected chi connectivity index (χ4v) is 5.55. The summed E-state index contributed by atoms with van der Waals surface area (Å²) in [6.07, 6.45) is 0.567. The van der Waals surface area contributed by atoms with E-state index in [1.54, 1.807) is 0 Å². The van der Waals surface area contributed by atoms with Crippen LogP contribution in [0.1, 0.15) is 17.5 Å². The van der Waals surface area contributed by atoms with Crippen LogP contribution in [0.25, 0.3) is 0 Å². The third-order valence-electron chi connectivity index (χ3n) is 3.70. The van der Waals surface area contributed by atoms with Crippen LogP contribution in [0.4, 0.5) is 0 Å². The van der Waals surface area contributed by atoms with Crippen molar-refractivity contribution in [1.82, 2.24) is 15.5 Å². The van der Waals surface area contributed by atoms with Crippen LogP contribution in [-0.2, 0) is 20.0 Å². The second-order valence-corrected chi connectivity index (χ2v) is 8.72. The third-order valence-corrected chi connectivity index (χ3v) is 6.39. The van der Waals surface area contributed by atoms with E-state index in [-0.39, 0.29) is 11.6 Å². The quantitative estimate of drug-likeness (QED) is 0.159. The van der Waals surface area contributed by atoms with Gasteiger partial charge in [0.15, 0.2) is 0 Å². The van der Waals surface area contributed by atoms with Crippen molar-refractivity contribution in [2.45, 2.75) is 29.2 Å². The van der Waals surface area contributed by atoms with Crippen LogP contribution in [0.3, 0.4) is 0 Å². The van der Waals surface area contributed by atoms with Gasteiger partial charge in [-0.05, 0) is 31.5 Å². The molecule has 0 spiro atoms. The molecule has 0 aromatic heterocycles. The van der Waals surface area contributed by atoms with E-state index in [1.165, 1.54) is 13.0 Å². The zero-order chi connectivity index (χ0) is 18.8. The van der Waals surface area contributed by atoms with Gasteiger partial charge < -0.3 is 5.32 Å². The number of nitrogens with zero attached hydrogens (tertiary/aromatic N) is 1. The highest BCUT2D eigenvalue weighted by atomic mass is 32.2. The van der Waals surface area contributed by atoms with Crippen LogP contribution in [0.2, 0.25) is 0 Å². The smallest absolute Gasteiger partial charge is 0.242 e. The molecule has 11 nitrogen and oxygen atoms in total. The number of primary sulfonamides is 1. The number of rotatable bonds is 6. The predicted octanol–water partition coefficient (Wildman–Crippen LogP) is -0.856. The molecule has 0 radical (unpaired) electrons. The average Bonchev–Trinajstić information content (AvgIpc) is 2.97. The molecule has 0 unspecified atom stereocenters. The minimum Gasteiger partial charge on any atom is -0.315 e. The van der Waals surface area contributed by atoms with E-state index in [4.69, 9.17) is 16.1 Å². The normalized spacial score (nSPS) is 18.1. The summed E-state index contributed by atoms with van der Waals surface area (Å²) in [6.45, 7) is 2.57. The maximum Gasteiger partial charge on any atom is 0.242 e. The Balaban J connectivity index is 2.67. The van der Waals surface area contributed by atoms with Crippen molar-refractivity contribution in [2.75, 3.05) is 13.1 Å². The average molecular weight is 389 g/mol. The minimum absolute atomic E-state index is 0.245. The van der Waals surface area contributed by atoms with Gasteiger partial charge in [0.2, 0.25) is 20.0 Å². The molecule has 13 heteroatoms. The van der Waals surface area contributed by atoms with Crippen molar-refractivity contribution in [3.63, 3.8) is 0 Å². The molecule has 138 valence electrons. The predicted molar refractivity (Wildman–Crippen MR) is 89.3 cm³/mol. The molecule has 1 atom stereocenters. The van der Waals surface area contributed by atoms with Gasteiger partial charge in [-0.15, -0.1) is 0 Å². The molecule has 1 aromatic rings. The molecule has 0 saturated carbocycles. The second kappa shape index (κ2) is 7.13. The molecule has 1 aliphatic heterocycles. The Labute approximate surface area is 145 Å². The summed E-state index contributed by atoms with van der Waals surface area (Å²) < 4.78 is 52.0. The maximum atomic E-state index is 12.7. The van der Waals surface area contributed by atoms with Crippen LogP contribution in [0, 0.1) is 17.9 Å². The van der Waals surface area contributed by atoms with Gasteiger partial charge in [0.05, 0.1) is 0 Å². The van der Waals surface area contributed by atoms with E-state index >= 15 is 0 Å². The lowest BCUT2D eigenvalue weighted by molar-refractivity contribution is 0.555. The van der Waals surface area contributed by atoms with Gasteiger partial charge in [0, 0.05) is 18.2 Å². The number of hydrogen-bond acceptors (Lipinski definition) is 8. The zero-order valence-corrected chi connectivity index (χ0v) is 15.0. The second-order valence-electron chi connectivity index (χ2n) is 5.54. The van der Waals surface area contributed by atoms with Crippen molar-refractivity contribution in [2.24, 2.45) is 10.4 Å². The Morgan fingerprint density at radius 3 is 2.56 bits per heavy atom. The SMILES string of the molecule is Cc1ccc(S(=O)(=O)N[C@@H]2CCNC2)c(S(N)(=O)=O)c1C(=N)NN=N. The fraction of sp³-hybridized carbons (Fsp3) is 0.417. The van der Waals surface area contributed by atoms with Crippen LogP contribution >= 0.6 is 0 Å². The number of aryl methyl sites for hydroxylation is 1. The molecule has 2 rings (SSSR count). The summed E-state index contributed by atoms with van der Waals surface area (Å²) in [4.78, 5) is -1.24. The standard InChI is InChI=1S/C12H19N7O4S2/c1-7-2-3-9(25(22,23)18-8-4-5-16-6-8)11(24(15,20)21)10(7)12(13)17-19-14/h2-3,8,16,18H,4-6H2,1H3,(H3,13,14,17)(H2,15,20,21)/t8-/m1/s1. The van der Waals surface area contributed by atoms with Crippen LogP contribution in [0.15, 0.2) is 27.1 Å². The first kappa shape index (κ1) is 19.4. The molecular formula is C12H19N7O4S2. The summed E-state index contributed by atoms with van der Waals surface area (Å²) in [5, 5.41) is 18.9. The zero-order valence-electron chi connectivity index (χ0n) is 13.3. The van der Waals surface area contributed by atoms with Gasteiger partial charge in [-0.25, -0.2) is 32.1 Å². The Morgan fingerprint density at radius 1 is 1.36 bits per heavy atom. The lowest BCUT2D eigenvalue weighted by atomic mass is 10.1. The molecule has 0 amide bonds. The van der Waals surface area contributed by atoms with Crippen molar-refractivity contribution in [3.8, 4) is 0 Å². The van der Waals surface area contributed by atoms with E-state index in [2.05, 4.69) is 15.3 Å². The van der Waals surface area contributed by atoms with Gasteiger partial charge in [0.25, 0.3) is 0 Å². The number of benzene rings is 1. The van der Waals surface area contributed by atoms with Crippen molar-refractivity contribution >= 4 is 25.9 Å². The summed E-state index contributed by atoms with van der Waals surface area (Å²) >= 11 is 0. The lowest BCUT2D eigenvalue weighted by Gasteiger charge is -2.18. The fourth-order valence-electron chi connectivity index (χ4n) is 2.62. The van der Waals surface area contributed by atoms with E-state index in [1.807, 2.05) is 5.43 Å². The Kier molecular flexibility index (Phi) is 5.53. The van der Waals surface area contributed by atoms with E-state index in [0.29, 0.717) is 25.1 Å². The molecule has 0 bridgehead atoms. The summed E-state index contributed by atoms with van der Waals surface area (Å²) in [7, 11) is -8.68. The first-order valence-corrected chi connectivity index (χ1v) is 10.2. The first-order chi connectivity index (χ1) is 11.6. The van der Waals surface area contributed by atoms with Crippen molar-refractivity contribution < 1.29 is 16.8 Å². The van der Waals surface area contributed by atoms with Crippen LogP contribution in [0.5, 0.6) is 0 Å². The van der Waals surface area contributed by atoms with Crippen molar-refractivity contribution in [3.05, 3.63) is 23.3 Å². The molecule has 1 aromatic carbocycles. The van der Waals surface area contributed by atoms with Gasteiger partial charge in [-0.2, -0.15) is 5.53 Å². The molecule has 25 heavy (non-hydrogen) atoms. The molecule has 1 aliphatic rings. The molecule has 1 fully saturated rings. The maximum absolute atomic E-state index is 12.7. The van der Waals surface area contributed by atoms with Gasteiger partial charge in [-0.3, -0.25) is 5.41 Å². The van der Waals surface area contributed by atoms with E-state index in [0.717, 1.165) is 6.07 Å². The highest BCUT2D eigenvalue weighted by Gasteiger charge is 2.32. The largest absolute Gasteiger partial charge is 0.315 e. The monoisotopic (exact) mass is 389 g/mol. The van der Waals surface area contributed by atoms with Crippen molar-refractivity contribution in [1.29, 1.82) is 10.9 Å². The number of hydrogen-bond donors (Lipinski definition) is 6. The summed E-state index contributed by atoms with van der Waals surface area (Å²) in [5.41, 5.74) is 8.81. The van der Waals surface area contributed by atoms with Gasteiger partial charge in [-0.1, -0.05) is 11.3 Å². The van der Waals surface area contributed by atoms with Gasteiger partial charge >= 0.3 is 0 Å². The molecular weight excluding hydrogens is 370 g/mol. The lowest BCUT2D eigenvalue weighted by Crippen LogP contribution is -2.37. The number of sulfonamides is 2. The number of nitrogens with two attached hydrogens (primary N) is 1. The highest BCUT2D eigenvalue weighted by molar-refractivity contribution is 7.92. The molecule has 7 N–H and O–H groups in total.